The molecule has 1 rings (SSSR count). The largest absolute Gasteiger partial charge is 0.376 e. The van der Waals surface area contributed by atoms with Crippen LogP contribution in [0.3, 0.4) is 0 Å². The summed E-state index contributed by atoms with van der Waals surface area (Å²) in [7, 11) is 0. The van der Waals surface area contributed by atoms with E-state index >= 15 is 0 Å². The molecule has 1 fully saturated rings. The molecule has 0 aromatic rings. The van der Waals surface area contributed by atoms with Crippen LogP contribution in [0.1, 0.15) is 6.42 Å². The Morgan fingerprint density at radius 3 is 2.92 bits per heavy atom. The Hall–Kier alpha value is 0.420. The van der Waals surface area contributed by atoms with Gasteiger partial charge in [0.15, 0.2) is 0 Å². The SMILES string of the molecule is Cl.FC(F)SCC1CCNCCO1. The van der Waals surface area contributed by atoms with Crippen molar-refractivity contribution in [1.29, 1.82) is 0 Å². The second-order valence-electron chi connectivity index (χ2n) is 2.63. The van der Waals surface area contributed by atoms with E-state index in [1.807, 2.05) is 0 Å². The number of thioether (sulfide) groups is 1. The molecule has 80 valence electrons. The lowest BCUT2D eigenvalue weighted by molar-refractivity contribution is 0.0810. The van der Waals surface area contributed by atoms with Crippen LogP contribution < -0.4 is 5.32 Å². The smallest absolute Gasteiger partial charge is 0.284 e. The van der Waals surface area contributed by atoms with Gasteiger partial charge in [-0.15, -0.1) is 12.4 Å². The summed E-state index contributed by atoms with van der Waals surface area (Å²) in [6, 6.07) is 0. The highest BCUT2D eigenvalue weighted by Gasteiger charge is 2.14. The zero-order chi connectivity index (χ0) is 8.81. The van der Waals surface area contributed by atoms with Gasteiger partial charge in [-0.25, -0.2) is 0 Å². The molecule has 0 saturated carbocycles. The number of rotatable bonds is 3. The Morgan fingerprint density at radius 1 is 1.46 bits per heavy atom. The molecular weight excluding hydrogens is 220 g/mol. The van der Waals surface area contributed by atoms with Crippen LogP contribution in [0.5, 0.6) is 0 Å². The first kappa shape index (κ1) is 13.4. The number of ether oxygens (including phenoxy) is 1. The fourth-order valence-electron chi connectivity index (χ4n) is 1.08. The highest BCUT2D eigenvalue weighted by molar-refractivity contribution is 7.99. The maximum atomic E-state index is 11.8. The van der Waals surface area contributed by atoms with Crippen LogP contribution in [0.15, 0.2) is 0 Å². The number of nitrogens with one attached hydrogen (secondary N) is 1. The van der Waals surface area contributed by atoms with Crippen molar-refractivity contribution in [1.82, 2.24) is 5.32 Å². The highest BCUT2D eigenvalue weighted by Crippen LogP contribution is 2.17. The van der Waals surface area contributed by atoms with Gasteiger partial charge in [-0.3, -0.25) is 0 Å². The number of hydrogen-bond donors (Lipinski definition) is 1. The normalized spacial score (nSPS) is 23.8. The predicted molar refractivity (Wildman–Crippen MR) is 52.9 cm³/mol. The van der Waals surface area contributed by atoms with E-state index in [1.165, 1.54) is 0 Å². The first-order chi connectivity index (χ1) is 5.79. The molecule has 0 aromatic carbocycles. The minimum Gasteiger partial charge on any atom is -0.376 e. The van der Waals surface area contributed by atoms with E-state index in [1.54, 1.807) is 0 Å². The lowest BCUT2D eigenvalue weighted by atomic mass is 10.3. The van der Waals surface area contributed by atoms with E-state index in [2.05, 4.69) is 5.32 Å². The maximum Gasteiger partial charge on any atom is 0.284 e. The Kier molecular flexibility index (Phi) is 8.04. The van der Waals surface area contributed by atoms with Crippen molar-refractivity contribution in [3.8, 4) is 0 Å². The predicted octanol–water partition coefficient (Wildman–Crippen LogP) is 1.74. The van der Waals surface area contributed by atoms with Crippen molar-refractivity contribution in [3.05, 3.63) is 0 Å². The quantitative estimate of drug-likeness (QED) is 0.803. The van der Waals surface area contributed by atoms with E-state index in [0.717, 1.165) is 19.5 Å². The van der Waals surface area contributed by atoms with Crippen LogP contribution in [0.2, 0.25) is 0 Å². The highest BCUT2D eigenvalue weighted by atomic mass is 35.5. The average molecular weight is 234 g/mol. The van der Waals surface area contributed by atoms with Gasteiger partial charge < -0.3 is 10.1 Å². The molecule has 2 nitrogen and oxygen atoms in total. The molecular formula is C7H14ClF2NOS. The van der Waals surface area contributed by atoms with Crippen molar-refractivity contribution in [2.75, 3.05) is 25.4 Å². The second kappa shape index (κ2) is 7.79. The molecule has 0 aliphatic carbocycles. The van der Waals surface area contributed by atoms with Gasteiger partial charge in [0, 0.05) is 12.3 Å². The minimum absolute atomic E-state index is 0. The van der Waals surface area contributed by atoms with Crippen molar-refractivity contribution in [2.24, 2.45) is 0 Å². The third kappa shape index (κ3) is 6.49. The molecule has 1 aliphatic heterocycles. The van der Waals surface area contributed by atoms with Crippen LogP contribution >= 0.6 is 24.2 Å². The monoisotopic (exact) mass is 233 g/mol. The lowest BCUT2D eigenvalue weighted by Crippen LogP contribution is -2.17. The molecule has 1 atom stereocenters. The average Bonchev–Trinajstić information content (AvgIpc) is 2.28. The molecule has 1 saturated heterocycles. The Balaban J connectivity index is 0.00000144. The van der Waals surface area contributed by atoms with Crippen LogP contribution in [-0.2, 0) is 4.74 Å². The van der Waals surface area contributed by atoms with E-state index < -0.39 is 5.76 Å². The van der Waals surface area contributed by atoms with Gasteiger partial charge in [0.05, 0.1) is 12.7 Å². The molecule has 0 aromatic heterocycles. The van der Waals surface area contributed by atoms with Crippen molar-refractivity contribution in [2.45, 2.75) is 18.3 Å². The summed E-state index contributed by atoms with van der Waals surface area (Å²) in [6.45, 7) is 2.33. The fourth-order valence-corrected chi connectivity index (χ4v) is 1.70. The standard InChI is InChI=1S/C7H13F2NOS.ClH/c8-7(9)12-5-6-1-2-10-3-4-11-6;/h6-7,10H,1-5H2;1H. The first-order valence-corrected chi connectivity index (χ1v) is 5.06. The van der Waals surface area contributed by atoms with E-state index in [0.29, 0.717) is 24.1 Å². The molecule has 1 N–H and O–H groups in total. The van der Waals surface area contributed by atoms with Crippen molar-refractivity contribution >= 4 is 24.2 Å². The van der Waals surface area contributed by atoms with E-state index in [-0.39, 0.29) is 18.5 Å². The van der Waals surface area contributed by atoms with Gasteiger partial charge >= 0.3 is 0 Å². The van der Waals surface area contributed by atoms with Crippen molar-refractivity contribution in [3.63, 3.8) is 0 Å². The zero-order valence-electron chi connectivity index (χ0n) is 7.17. The van der Waals surface area contributed by atoms with Gasteiger partial charge in [-0.1, -0.05) is 11.8 Å². The number of hydrogen-bond acceptors (Lipinski definition) is 3. The molecule has 0 amide bonds. The first-order valence-electron chi connectivity index (χ1n) is 4.01. The molecule has 0 spiro atoms. The van der Waals surface area contributed by atoms with Crippen LogP contribution in [0, 0.1) is 0 Å². The van der Waals surface area contributed by atoms with Gasteiger partial charge in [-0.05, 0) is 13.0 Å². The van der Waals surface area contributed by atoms with Crippen LogP contribution in [-0.4, -0.2) is 37.3 Å². The van der Waals surface area contributed by atoms with Gasteiger partial charge in [0.25, 0.3) is 5.76 Å². The van der Waals surface area contributed by atoms with E-state index in [4.69, 9.17) is 4.74 Å². The minimum atomic E-state index is -2.27. The molecule has 0 radical (unpaired) electrons. The summed E-state index contributed by atoms with van der Waals surface area (Å²) < 4.78 is 28.9. The Labute approximate surface area is 87.2 Å². The maximum absolute atomic E-state index is 11.8. The van der Waals surface area contributed by atoms with Gasteiger partial charge in [0.1, 0.15) is 0 Å². The second-order valence-corrected chi connectivity index (χ2v) is 3.65. The van der Waals surface area contributed by atoms with Gasteiger partial charge in [0.2, 0.25) is 0 Å². The third-order valence-corrected chi connectivity index (χ3v) is 2.50. The zero-order valence-corrected chi connectivity index (χ0v) is 8.80. The summed E-state index contributed by atoms with van der Waals surface area (Å²) >= 11 is 0.661. The molecule has 1 unspecified atom stereocenters. The lowest BCUT2D eigenvalue weighted by Gasteiger charge is -2.12. The fraction of sp³-hybridized carbons (Fsp3) is 1.00. The Morgan fingerprint density at radius 2 is 2.23 bits per heavy atom. The molecule has 0 bridgehead atoms. The summed E-state index contributed by atoms with van der Waals surface area (Å²) in [5.74, 6) is -1.87. The molecule has 1 heterocycles. The topological polar surface area (TPSA) is 21.3 Å². The summed E-state index contributed by atoms with van der Waals surface area (Å²) in [4.78, 5) is 0. The van der Waals surface area contributed by atoms with Crippen molar-refractivity contribution < 1.29 is 13.5 Å². The summed E-state index contributed by atoms with van der Waals surface area (Å²) in [5.41, 5.74) is 0. The molecule has 1 aliphatic rings. The number of halogens is 3. The van der Waals surface area contributed by atoms with Crippen LogP contribution in [0.25, 0.3) is 0 Å². The molecule has 6 heteroatoms. The summed E-state index contributed by atoms with van der Waals surface area (Å²) in [5, 5.41) is 3.14. The summed E-state index contributed by atoms with van der Waals surface area (Å²) in [6.07, 6.45) is 0.832. The molecule has 13 heavy (non-hydrogen) atoms. The van der Waals surface area contributed by atoms with E-state index in [9.17, 15) is 8.78 Å². The number of alkyl halides is 2. The van der Waals surface area contributed by atoms with Crippen LogP contribution in [0.4, 0.5) is 8.78 Å². The third-order valence-electron chi connectivity index (χ3n) is 1.68. The Bertz CT molecular complexity index is 123. The van der Waals surface area contributed by atoms with Gasteiger partial charge in [-0.2, -0.15) is 8.78 Å².